The molecule has 0 spiro atoms. The first-order valence-electron chi connectivity index (χ1n) is 7.12. The lowest BCUT2D eigenvalue weighted by atomic mass is 9.84. The van der Waals surface area contributed by atoms with Crippen molar-refractivity contribution in [3.63, 3.8) is 0 Å². The first kappa shape index (κ1) is 18.3. The minimum Gasteiger partial charge on any atom is -0.272 e. The van der Waals surface area contributed by atoms with Gasteiger partial charge in [-0.2, -0.15) is 5.10 Å². The van der Waals surface area contributed by atoms with Gasteiger partial charge in [0.25, 0.3) is 11.8 Å². The molecular weight excluding hydrogens is 343 g/mol. The van der Waals surface area contributed by atoms with Gasteiger partial charge >= 0.3 is 0 Å². The van der Waals surface area contributed by atoms with Gasteiger partial charge < -0.3 is 0 Å². The van der Waals surface area contributed by atoms with Crippen LogP contribution in [0.2, 0.25) is 0 Å². The van der Waals surface area contributed by atoms with E-state index in [2.05, 4.69) is 9.95 Å². The van der Waals surface area contributed by atoms with Gasteiger partial charge in [-0.25, -0.2) is 23.0 Å². The van der Waals surface area contributed by atoms with E-state index >= 15 is 0 Å². The van der Waals surface area contributed by atoms with Crippen molar-refractivity contribution in [3.05, 3.63) is 41.0 Å². The maximum absolute atomic E-state index is 13.9. The van der Waals surface area contributed by atoms with Gasteiger partial charge in [0.15, 0.2) is 5.69 Å². The molecule has 1 amide bonds. The summed E-state index contributed by atoms with van der Waals surface area (Å²) in [6.45, 7) is 8.68. The van der Waals surface area contributed by atoms with Crippen LogP contribution >= 0.6 is 11.6 Å². The maximum Gasteiger partial charge on any atom is 0.260 e. The Hall–Kier alpha value is -2.07. The molecule has 1 heterocycles. The fraction of sp³-hybridized carbons (Fsp3) is 0.438. The van der Waals surface area contributed by atoms with Crippen LogP contribution in [0.25, 0.3) is 4.85 Å². The summed E-state index contributed by atoms with van der Waals surface area (Å²) in [7, 11) is 0. The first-order chi connectivity index (χ1) is 11.1. The molecule has 2 rings (SSSR count). The number of halogens is 4. The summed E-state index contributed by atoms with van der Waals surface area (Å²) in [5.74, 6) is -5.54. The highest BCUT2D eigenvalue weighted by atomic mass is 35.5. The molecule has 0 radical (unpaired) electrons. The minimum atomic E-state index is -3.36. The summed E-state index contributed by atoms with van der Waals surface area (Å²) in [5.41, 5.74) is -1.77. The number of carbonyl (C=O) groups excluding carboxylic acids is 1. The predicted molar refractivity (Wildman–Crippen MR) is 84.8 cm³/mol. The quantitative estimate of drug-likeness (QED) is 0.576. The van der Waals surface area contributed by atoms with Gasteiger partial charge in [-0.1, -0.05) is 6.07 Å². The smallest absolute Gasteiger partial charge is 0.260 e. The third kappa shape index (κ3) is 3.11. The van der Waals surface area contributed by atoms with E-state index in [-0.39, 0.29) is 12.1 Å². The summed E-state index contributed by atoms with van der Waals surface area (Å²) in [6.07, 6.45) is 1.63. The van der Waals surface area contributed by atoms with Crippen LogP contribution in [0.3, 0.4) is 0 Å². The Morgan fingerprint density at radius 2 is 2.12 bits per heavy atom. The molecule has 1 aromatic rings. The van der Waals surface area contributed by atoms with E-state index < -0.39 is 35.0 Å². The maximum atomic E-state index is 13.9. The summed E-state index contributed by atoms with van der Waals surface area (Å²) in [5, 5.41) is 4.78. The molecule has 0 aliphatic carbocycles. The van der Waals surface area contributed by atoms with Crippen LogP contribution in [-0.2, 0) is 4.79 Å². The van der Waals surface area contributed by atoms with Crippen molar-refractivity contribution in [3.8, 4) is 0 Å². The van der Waals surface area contributed by atoms with E-state index in [9.17, 15) is 18.0 Å². The number of hydrogen-bond donors (Lipinski definition) is 0. The average Bonchev–Trinajstić information content (AvgIpc) is 3.01. The van der Waals surface area contributed by atoms with E-state index in [1.165, 1.54) is 12.3 Å². The van der Waals surface area contributed by atoms with Gasteiger partial charge in [0.1, 0.15) is 11.2 Å². The number of benzene rings is 1. The molecule has 1 aliphatic heterocycles. The van der Waals surface area contributed by atoms with E-state index in [4.69, 9.17) is 18.2 Å². The molecular formula is C16H15ClF3N3O. The zero-order chi connectivity index (χ0) is 18.1. The predicted octanol–water partition coefficient (Wildman–Crippen LogP) is 4.54. The van der Waals surface area contributed by atoms with Crippen molar-refractivity contribution >= 4 is 29.4 Å². The molecule has 0 saturated heterocycles. The Morgan fingerprint density at radius 3 is 2.67 bits per heavy atom. The molecule has 0 N–H and O–H groups in total. The molecule has 1 aromatic carbocycles. The third-order valence-corrected chi connectivity index (χ3v) is 4.70. The van der Waals surface area contributed by atoms with Gasteiger partial charge in [-0.15, -0.1) is 11.6 Å². The third-order valence-electron chi connectivity index (χ3n) is 4.16. The molecule has 4 nitrogen and oxygen atoms in total. The number of amides is 1. The molecule has 8 heteroatoms. The monoisotopic (exact) mass is 357 g/mol. The minimum absolute atomic E-state index is 0.0604. The zero-order valence-corrected chi connectivity index (χ0v) is 13.8. The lowest BCUT2D eigenvalue weighted by molar-refractivity contribution is -0.163. The molecule has 0 bridgehead atoms. The van der Waals surface area contributed by atoms with E-state index in [0.717, 1.165) is 24.1 Å². The molecule has 2 unspecified atom stereocenters. The number of rotatable bonds is 4. The topological polar surface area (TPSA) is 37.0 Å². The Labute approximate surface area is 142 Å². The van der Waals surface area contributed by atoms with Crippen LogP contribution in [0, 0.1) is 17.8 Å². The second kappa shape index (κ2) is 6.44. The summed E-state index contributed by atoms with van der Waals surface area (Å²) in [4.78, 5) is 15.8. The molecule has 1 aliphatic rings. The van der Waals surface area contributed by atoms with Crippen LogP contribution in [0.1, 0.15) is 31.9 Å². The number of hydrogen-bond acceptors (Lipinski definition) is 2. The van der Waals surface area contributed by atoms with Crippen LogP contribution in [0.15, 0.2) is 23.3 Å². The Morgan fingerprint density at radius 1 is 1.46 bits per heavy atom. The zero-order valence-electron chi connectivity index (χ0n) is 13.1. The number of alkyl halides is 3. The lowest BCUT2D eigenvalue weighted by Crippen LogP contribution is -2.51. The SMILES string of the molecule is [C-]#[N+]c1cc(F)cc(C2CC=NN2C(=O)C(C)(CCl)C(C)(F)F)c1. The van der Waals surface area contributed by atoms with E-state index in [0.29, 0.717) is 12.5 Å². The number of hydrazone groups is 1. The number of nitrogens with zero attached hydrogens (tertiary/aromatic N) is 3. The Bertz CT molecular complexity index is 726. The van der Waals surface area contributed by atoms with Gasteiger partial charge in [-0.05, 0) is 24.6 Å². The van der Waals surface area contributed by atoms with E-state index in [1.807, 2.05) is 0 Å². The second-order valence-electron chi connectivity index (χ2n) is 5.91. The van der Waals surface area contributed by atoms with Crippen LogP contribution in [0.5, 0.6) is 0 Å². The fourth-order valence-electron chi connectivity index (χ4n) is 2.35. The van der Waals surface area contributed by atoms with Crippen LogP contribution in [-0.4, -0.2) is 28.9 Å². The first-order valence-corrected chi connectivity index (χ1v) is 7.65. The van der Waals surface area contributed by atoms with Gasteiger partial charge in [0.05, 0.1) is 12.6 Å². The average molecular weight is 358 g/mol. The van der Waals surface area contributed by atoms with Gasteiger partial charge in [0, 0.05) is 25.4 Å². The largest absolute Gasteiger partial charge is 0.272 e. The van der Waals surface area contributed by atoms with Crippen molar-refractivity contribution in [2.45, 2.75) is 32.2 Å². The molecule has 2 atom stereocenters. The molecule has 128 valence electrons. The van der Waals surface area contributed by atoms with Crippen molar-refractivity contribution in [1.82, 2.24) is 5.01 Å². The van der Waals surface area contributed by atoms with Crippen molar-refractivity contribution < 1.29 is 18.0 Å². The Kier molecular flexibility index (Phi) is 4.90. The van der Waals surface area contributed by atoms with Gasteiger partial charge in [0.2, 0.25) is 0 Å². The van der Waals surface area contributed by atoms with Crippen molar-refractivity contribution in [2.24, 2.45) is 10.5 Å². The summed E-state index contributed by atoms with van der Waals surface area (Å²) < 4.78 is 41.5. The molecule has 24 heavy (non-hydrogen) atoms. The molecule has 0 aromatic heterocycles. The molecule has 0 saturated carbocycles. The van der Waals surface area contributed by atoms with Crippen LogP contribution < -0.4 is 0 Å². The van der Waals surface area contributed by atoms with Gasteiger partial charge in [-0.3, -0.25) is 4.79 Å². The number of carbonyl (C=O) groups is 1. The summed E-state index contributed by atoms with van der Waals surface area (Å²) in [6, 6.07) is 2.88. The second-order valence-corrected chi connectivity index (χ2v) is 6.18. The standard InChI is InChI=1S/C16H15ClF3N3O/c1-15(9-17,16(2,19)20)14(24)23-13(4-5-22-23)10-6-11(18)8-12(7-10)21-3/h5-8,13H,4,9H2,1-2H3. The van der Waals surface area contributed by atoms with Crippen LogP contribution in [0.4, 0.5) is 18.9 Å². The fourth-order valence-corrected chi connectivity index (χ4v) is 2.70. The highest BCUT2D eigenvalue weighted by molar-refractivity contribution is 6.20. The molecule has 0 fully saturated rings. The van der Waals surface area contributed by atoms with Crippen molar-refractivity contribution in [2.75, 3.05) is 5.88 Å². The normalized spacial score (nSPS) is 19.9. The summed E-state index contributed by atoms with van der Waals surface area (Å²) >= 11 is 5.65. The lowest BCUT2D eigenvalue weighted by Gasteiger charge is -2.36. The highest BCUT2D eigenvalue weighted by Crippen LogP contribution is 2.42. The highest BCUT2D eigenvalue weighted by Gasteiger charge is 2.54. The van der Waals surface area contributed by atoms with E-state index in [1.54, 1.807) is 0 Å². The Balaban J connectivity index is 2.41. The van der Waals surface area contributed by atoms with Crippen molar-refractivity contribution in [1.29, 1.82) is 0 Å².